The number of amides is 2. The number of nitrogens with zero attached hydrogens (tertiary/aromatic N) is 2. The van der Waals surface area contributed by atoms with E-state index in [4.69, 9.17) is 0 Å². The van der Waals surface area contributed by atoms with Gasteiger partial charge in [-0.3, -0.25) is 14.5 Å². The Bertz CT molecular complexity index is 808. The van der Waals surface area contributed by atoms with Crippen LogP contribution in [0.3, 0.4) is 0 Å². The van der Waals surface area contributed by atoms with Crippen LogP contribution in [0.2, 0.25) is 0 Å². The zero-order valence-electron chi connectivity index (χ0n) is 20.2. The molecule has 1 heterocycles. The Balaban J connectivity index is 1.47. The predicted octanol–water partition coefficient (Wildman–Crippen LogP) is 4.64. The number of rotatable bonds is 11. The Hall–Kier alpha value is -2.66. The van der Waals surface area contributed by atoms with Crippen LogP contribution in [0.15, 0.2) is 60.7 Å². The van der Waals surface area contributed by atoms with Gasteiger partial charge >= 0.3 is 0 Å². The van der Waals surface area contributed by atoms with Crippen LogP contribution in [0.5, 0.6) is 0 Å². The summed E-state index contributed by atoms with van der Waals surface area (Å²) in [5.74, 6) is 0.512. The number of benzene rings is 2. The van der Waals surface area contributed by atoms with Crippen LogP contribution >= 0.6 is 0 Å². The molecule has 2 amide bonds. The van der Waals surface area contributed by atoms with Crippen LogP contribution in [-0.4, -0.2) is 55.3 Å². The lowest BCUT2D eigenvalue weighted by molar-refractivity contribution is -0.136. The summed E-state index contributed by atoms with van der Waals surface area (Å²) in [6, 6.07) is 21.6. The quantitative estimate of drug-likeness (QED) is 0.509. The average molecular weight is 450 g/mol. The van der Waals surface area contributed by atoms with Gasteiger partial charge in [0, 0.05) is 33.0 Å². The van der Waals surface area contributed by atoms with E-state index >= 15 is 0 Å². The summed E-state index contributed by atoms with van der Waals surface area (Å²) in [6.07, 6.45) is 6.42. The smallest absolute Gasteiger partial charge is 0.225 e. The molecule has 5 heteroatoms. The molecule has 0 aliphatic carbocycles. The summed E-state index contributed by atoms with van der Waals surface area (Å²) in [7, 11) is 3.62. The standard InChI is InChI=1S/C28H39N3O2/c1-29-26(32)17-11-3-4-12-20-30(2)28(33)25-18-21-31(22-19-25)27(23-13-7-5-8-14-23)24-15-9-6-10-16-24/h5-10,13-16,25,27H,3-4,11-12,17-22H2,1-2H3,(H,29,32). The minimum absolute atomic E-state index is 0.107. The van der Waals surface area contributed by atoms with Crippen molar-refractivity contribution in [2.45, 2.75) is 51.0 Å². The summed E-state index contributed by atoms with van der Waals surface area (Å²) in [6.45, 7) is 2.66. The van der Waals surface area contributed by atoms with Crippen molar-refractivity contribution in [2.24, 2.45) is 5.92 Å². The number of nitrogens with one attached hydrogen (secondary N) is 1. The molecule has 0 atom stereocenters. The number of unbranched alkanes of at least 4 members (excludes halogenated alkanes) is 3. The largest absolute Gasteiger partial charge is 0.359 e. The fourth-order valence-corrected chi connectivity index (χ4v) is 4.82. The fourth-order valence-electron chi connectivity index (χ4n) is 4.82. The highest BCUT2D eigenvalue weighted by Crippen LogP contribution is 2.32. The van der Waals surface area contributed by atoms with Gasteiger partial charge in [0.1, 0.15) is 0 Å². The van der Waals surface area contributed by atoms with Gasteiger partial charge in [-0.2, -0.15) is 0 Å². The van der Waals surface area contributed by atoms with Crippen LogP contribution < -0.4 is 5.32 Å². The summed E-state index contributed by atoms with van der Waals surface area (Å²) >= 11 is 0. The highest BCUT2D eigenvalue weighted by molar-refractivity contribution is 5.78. The molecule has 1 saturated heterocycles. The van der Waals surface area contributed by atoms with E-state index in [2.05, 4.69) is 70.9 Å². The SMILES string of the molecule is CNC(=O)CCCCCCN(C)C(=O)C1CCN(C(c2ccccc2)c2ccccc2)CC1. The summed E-state index contributed by atoms with van der Waals surface area (Å²) < 4.78 is 0. The molecule has 0 saturated carbocycles. The minimum Gasteiger partial charge on any atom is -0.359 e. The first-order valence-electron chi connectivity index (χ1n) is 12.4. The van der Waals surface area contributed by atoms with Gasteiger partial charge in [0.2, 0.25) is 11.8 Å². The molecule has 0 unspecified atom stereocenters. The second kappa shape index (κ2) is 13.1. The summed E-state index contributed by atoms with van der Waals surface area (Å²) in [5.41, 5.74) is 2.61. The van der Waals surface area contributed by atoms with Crippen LogP contribution in [0, 0.1) is 5.92 Å². The van der Waals surface area contributed by atoms with Gasteiger partial charge < -0.3 is 10.2 Å². The number of hydrogen-bond donors (Lipinski definition) is 1. The van der Waals surface area contributed by atoms with Crippen molar-refractivity contribution in [1.82, 2.24) is 15.1 Å². The number of carbonyl (C=O) groups excluding carboxylic acids is 2. The number of carbonyl (C=O) groups is 2. The molecular weight excluding hydrogens is 410 g/mol. The van der Waals surface area contributed by atoms with E-state index < -0.39 is 0 Å². The van der Waals surface area contributed by atoms with Crippen molar-refractivity contribution in [3.05, 3.63) is 71.8 Å². The zero-order chi connectivity index (χ0) is 23.5. The Labute approximate surface area is 199 Å². The Kier molecular flexibility index (Phi) is 9.95. The van der Waals surface area contributed by atoms with E-state index in [1.54, 1.807) is 7.05 Å². The lowest BCUT2D eigenvalue weighted by Crippen LogP contribution is -2.43. The fraction of sp³-hybridized carbons (Fsp3) is 0.500. The molecule has 0 radical (unpaired) electrons. The molecule has 2 aromatic carbocycles. The number of hydrogen-bond acceptors (Lipinski definition) is 3. The van der Waals surface area contributed by atoms with Crippen molar-refractivity contribution < 1.29 is 9.59 Å². The molecule has 2 aromatic rings. The van der Waals surface area contributed by atoms with E-state index in [-0.39, 0.29) is 23.8 Å². The van der Waals surface area contributed by atoms with E-state index in [9.17, 15) is 9.59 Å². The second-order valence-corrected chi connectivity index (χ2v) is 9.13. The Morgan fingerprint density at radius 1 is 0.909 bits per heavy atom. The normalized spacial score (nSPS) is 14.9. The van der Waals surface area contributed by atoms with Gasteiger partial charge in [-0.05, 0) is 49.9 Å². The van der Waals surface area contributed by atoms with Crippen LogP contribution in [-0.2, 0) is 9.59 Å². The van der Waals surface area contributed by atoms with Crippen LogP contribution in [0.25, 0.3) is 0 Å². The Morgan fingerprint density at radius 3 is 2.00 bits per heavy atom. The second-order valence-electron chi connectivity index (χ2n) is 9.13. The maximum Gasteiger partial charge on any atom is 0.225 e. The van der Waals surface area contributed by atoms with E-state index in [0.29, 0.717) is 6.42 Å². The first kappa shape index (κ1) is 25.0. The maximum atomic E-state index is 13.0. The lowest BCUT2D eigenvalue weighted by atomic mass is 9.90. The molecule has 3 rings (SSSR count). The molecule has 0 aromatic heterocycles. The molecule has 178 valence electrons. The molecule has 5 nitrogen and oxygen atoms in total. The molecule has 33 heavy (non-hydrogen) atoms. The van der Waals surface area contributed by atoms with Crippen molar-refractivity contribution in [3.8, 4) is 0 Å². The third-order valence-electron chi connectivity index (χ3n) is 6.78. The monoisotopic (exact) mass is 449 g/mol. The first-order chi connectivity index (χ1) is 16.1. The zero-order valence-corrected chi connectivity index (χ0v) is 20.2. The van der Waals surface area contributed by atoms with E-state index in [1.165, 1.54) is 11.1 Å². The molecule has 1 fully saturated rings. The highest BCUT2D eigenvalue weighted by Gasteiger charge is 2.31. The van der Waals surface area contributed by atoms with Crippen LogP contribution in [0.4, 0.5) is 0 Å². The van der Waals surface area contributed by atoms with E-state index in [1.807, 2.05) is 11.9 Å². The summed E-state index contributed by atoms with van der Waals surface area (Å²) in [5, 5.41) is 2.66. The van der Waals surface area contributed by atoms with Gasteiger partial charge in [0.25, 0.3) is 0 Å². The maximum absolute atomic E-state index is 13.0. The van der Waals surface area contributed by atoms with Gasteiger partial charge in [0.15, 0.2) is 0 Å². The third kappa shape index (κ3) is 7.43. The number of piperidine rings is 1. The van der Waals surface area contributed by atoms with Crippen molar-refractivity contribution in [2.75, 3.05) is 33.7 Å². The highest BCUT2D eigenvalue weighted by atomic mass is 16.2. The van der Waals surface area contributed by atoms with Gasteiger partial charge in [-0.15, -0.1) is 0 Å². The third-order valence-corrected chi connectivity index (χ3v) is 6.78. The minimum atomic E-state index is 0.107. The van der Waals surface area contributed by atoms with Crippen LogP contribution in [0.1, 0.15) is 62.1 Å². The average Bonchev–Trinajstić information content (AvgIpc) is 2.87. The molecule has 1 N–H and O–H groups in total. The number of likely N-dealkylation sites (tertiary alicyclic amines) is 1. The topological polar surface area (TPSA) is 52.7 Å². The van der Waals surface area contributed by atoms with Gasteiger partial charge in [-0.1, -0.05) is 73.5 Å². The Morgan fingerprint density at radius 2 is 1.45 bits per heavy atom. The first-order valence-corrected chi connectivity index (χ1v) is 12.4. The van der Waals surface area contributed by atoms with E-state index in [0.717, 1.165) is 58.2 Å². The van der Waals surface area contributed by atoms with Gasteiger partial charge in [-0.25, -0.2) is 0 Å². The van der Waals surface area contributed by atoms with Gasteiger partial charge in [0.05, 0.1) is 6.04 Å². The predicted molar refractivity (Wildman–Crippen MR) is 134 cm³/mol. The molecule has 1 aliphatic heterocycles. The molecule has 0 spiro atoms. The van der Waals surface area contributed by atoms with Crippen molar-refractivity contribution in [1.29, 1.82) is 0 Å². The van der Waals surface area contributed by atoms with Crippen molar-refractivity contribution >= 4 is 11.8 Å². The molecular formula is C28H39N3O2. The molecule has 0 bridgehead atoms. The summed E-state index contributed by atoms with van der Waals surface area (Å²) in [4.78, 5) is 28.7. The molecule has 1 aliphatic rings. The lowest BCUT2D eigenvalue weighted by Gasteiger charge is -2.38. The van der Waals surface area contributed by atoms with Crippen molar-refractivity contribution in [3.63, 3.8) is 0 Å².